The maximum Gasteiger partial charge on any atom is 0.319 e. The summed E-state index contributed by atoms with van der Waals surface area (Å²) in [6.45, 7) is 0.293. The Hall–Kier alpha value is -3.17. The van der Waals surface area contributed by atoms with Gasteiger partial charge in [-0.2, -0.15) is 0 Å². The third kappa shape index (κ3) is 7.21. The van der Waals surface area contributed by atoms with E-state index in [9.17, 15) is 14.7 Å². The maximum atomic E-state index is 12.3. The number of nitrogens with zero attached hydrogens (tertiary/aromatic N) is 1. The number of aliphatic hydroxyl groups is 1. The molecule has 1 fully saturated rings. The fraction of sp³-hybridized carbons (Fsp3) is 0.435. The van der Waals surface area contributed by atoms with E-state index in [1.54, 1.807) is 43.8 Å². The molecule has 2 heterocycles. The number of anilines is 1. The smallest absolute Gasteiger partial charge is 0.319 e. The molecule has 9 heteroatoms. The molecule has 0 spiro atoms. The molecule has 4 N–H and O–H groups in total. The number of hydrogen-bond donors (Lipinski definition) is 4. The van der Waals surface area contributed by atoms with Crippen molar-refractivity contribution in [3.05, 3.63) is 54.4 Å². The number of ether oxygens (including phenoxy) is 2. The van der Waals surface area contributed by atoms with Crippen molar-refractivity contribution >= 4 is 17.6 Å². The molecule has 1 aromatic carbocycles. The number of rotatable bonds is 9. The number of pyridine rings is 1. The first-order chi connectivity index (χ1) is 15.6. The van der Waals surface area contributed by atoms with Gasteiger partial charge in [-0.05, 0) is 61.2 Å². The van der Waals surface area contributed by atoms with Crippen LogP contribution in [0.4, 0.5) is 10.5 Å². The van der Waals surface area contributed by atoms with Gasteiger partial charge in [0.2, 0.25) is 5.91 Å². The van der Waals surface area contributed by atoms with Crippen LogP contribution in [-0.4, -0.2) is 60.5 Å². The minimum atomic E-state index is -0.497. The summed E-state index contributed by atoms with van der Waals surface area (Å²) in [5.41, 5.74) is 1.55. The van der Waals surface area contributed by atoms with Gasteiger partial charge < -0.3 is 30.5 Å². The summed E-state index contributed by atoms with van der Waals surface area (Å²) in [6.07, 6.45) is 5.09. The first-order valence-electron chi connectivity index (χ1n) is 10.7. The number of nitrogens with one attached hydrogen (secondary N) is 3. The summed E-state index contributed by atoms with van der Waals surface area (Å²) in [7, 11) is 1.58. The first kappa shape index (κ1) is 23.5. The predicted octanol–water partition coefficient (Wildman–Crippen LogP) is 1.87. The molecule has 172 valence electrons. The van der Waals surface area contributed by atoms with Crippen molar-refractivity contribution in [2.24, 2.45) is 0 Å². The molecule has 0 saturated carbocycles. The van der Waals surface area contributed by atoms with Gasteiger partial charge >= 0.3 is 6.03 Å². The second-order valence-corrected chi connectivity index (χ2v) is 7.66. The summed E-state index contributed by atoms with van der Waals surface area (Å²) in [6, 6.07) is 9.99. The van der Waals surface area contributed by atoms with Gasteiger partial charge in [-0.1, -0.05) is 0 Å². The Morgan fingerprint density at radius 1 is 1.16 bits per heavy atom. The molecule has 0 aliphatic carbocycles. The van der Waals surface area contributed by atoms with Crippen molar-refractivity contribution in [3.8, 4) is 5.75 Å². The Morgan fingerprint density at radius 2 is 1.91 bits per heavy atom. The number of carbonyl (C=O) groups excluding carboxylic acids is 2. The molecule has 0 unspecified atom stereocenters. The number of carbonyl (C=O) groups is 2. The van der Waals surface area contributed by atoms with E-state index in [0.717, 1.165) is 12.0 Å². The van der Waals surface area contributed by atoms with Gasteiger partial charge in [0.15, 0.2) is 0 Å². The lowest BCUT2D eigenvalue weighted by Gasteiger charge is -2.36. The molecule has 3 rings (SSSR count). The Labute approximate surface area is 187 Å². The molecule has 1 saturated heterocycles. The van der Waals surface area contributed by atoms with Crippen LogP contribution in [0, 0.1) is 0 Å². The van der Waals surface area contributed by atoms with E-state index in [0.29, 0.717) is 37.2 Å². The molecular formula is C23H30N4O5. The number of methoxy groups -OCH3 is 1. The first-order valence-corrected chi connectivity index (χ1v) is 10.7. The number of aliphatic hydroxyl groups excluding tert-OH is 1. The van der Waals surface area contributed by atoms with Crippen molar-refractivity contribution in [1.29, 1.82) is 0 Å². The van der Waals surface area contributed by atoms with Gasteiger partial charge in [0, 0.05) is 24.6 Å². The molecular weight excluding hydrogens is 412 g/mol. The zero-order chi connectivity index (χ0) is 22.8. The Balaban J connectivity index is 1.39. The van der Waals surface area contributed by atoms with Crippen molar-refractivity contribution in [2.75, 3.05) is 25.6 Å². The molecule has 1 aliphatic heterocycles. The van der Waals surface area contributed by atoms with Crippen molar-refractivity contribution < 1.29 is 24.2 Å². The van der Waals surface area contributed by atoms with Gasteiger partial charge in [0.25, 0.3) is 0 Å². The van der Waals surface area contributed by atoms with Crippen LogP contribution < -0.4 is 20.7 Å². The topological polar surface area (TPSA) is 122 Å². The highest BCUT2D eigenvalue weighted by Crippen LogP contribution is 2.22. The predicted molar refractivity (Wildman–Crippen MR) is 119 cm³/mol. The Morgan fingerprint density at radius 3 is 2.59 bits per heavy atom. The number of urea groups is 1. The lowest BCUT2D eigenvalue weighted by molar-refractivity contribution is -0.121. The third-order valence-electron chi connectivity index (χ3n) is 5.36. The van der Waals surface area contributed by atoms with E-state index >= 15 is 0 Å². The molecule has 3 amide bonds. The summed E-state index contributed by atoms with van der Waals surface area (Å²) in [5.74, 6) is 0.650. The minimum Gasteiger partial charge on any atom is -0.497 e. The molecule has 0 bridgehead atoms. The van der Waals surface area contributed by atoms with E-state index < -0.39 is 6.10 Å². The van der Waals surface area contributed by atoms with Gasteiger partial charge in [0.1, 0.15) is 11.9 Å². The van der Waals surface area contributed by atoms with Crippen LogP contribution in [0.25, 0.3) is 0 Å². The monoisotopic (exact) mass is 442 g/mol. The molecule has 1 aromatic heterocycles. The summed E-state index contributed by atoms with van der Waals surface area (Å²) in [5, 5.41) is 18.3. The van der Waals surface area contributed by atoms with Crippen LogP contribution >= 0.6 is 0 Å². The van der Waals surface area contributed by atoms with Crippen LogP contribution in [0.5, 0.6) is 5.75 Å². The molecule has 1 aliphatic rings. The van der Waals surface area contributed by atoms with Gasteiger partial charge in [-0.25, -0.2) is 4.79 Å². The van der Waals surface area contributed by atoms with E-state index in [1.165, 1.54) is 0 Å². The summed E-state index contributed by atoms with van der Waals surface area (Å²) < 4.78 is 11.1. The Kier molecular flexibility index (Phi) is 8.82. The number of amides is 3. The largest absolute Gasteiger partial charge is 0.497 e. The highest BCUT2D eigenvalue weighted by Gasteiger charge is 2.31. The van der Waals surface area contributed by atoms with Crippen LogP contribution in [0.2, 0.25) is 0 Å². The minimum absolute atomic E-state index is 0.0551. The SMILES string of the molecule is COc1ccc(NC(=O)N[C@@H]2CC[C@H](CCNC(=O)Cc3ccncc3)O[C@@H]2CO)cc1. The standard InChI is InChI=1S/C23H30N4O5/c1-31-18-4-2-17(3-5-18)26-23(30)27-20-7-6-19(32-21(20)15-28)10-13-25-22(29)14-16-8-11-24-12-9-16/h2-5,8-9,11-12,19-21,28H,6-7,10,13-15H2,1H3,(H,25,29)(H2,26,27,30)/t19-,20-,21-/m1/s1. The van der Waals surface area contributed by atoms with E-state index in [4.69, 9.17) is 9.47 Å². The van der Waals surface area contributed by atoms with Gasteiger partial charge in [0.05, 0.1) is 32.3 Å². The average Bonchev–Trinajstić information content (AvgIpc) is 2.81. The van der Waals surface area contributed by atoms with Gasteiger partial charge in [-0.15, -0.1) is 0 Å². The fourth-order valence-corrected chi connectivity index (χ4v) is 3.64. The third-order valence-corrected chi connectivity index (χ3v) is 5.36. The number of aromatic nitrogens is 1. The second kappa shape index (κ2) is 12.0. The highest BCUT2D eigenvalue weighted by molar-refractivity contribution is 5.89. The van der Waals surface area contributed by atoms with E-state index in [2.05, 4.69) is 20.9 Å². The lowest BCUT2D eigenvalue weighted by atomic mass is 9.97. The van der Waals surface area contributed by atoms with Crippen LogP contribution in [0.15, 0.2) is 48.8 Å². The van der Waals surface area contributed by atoms with E-state index in [1.807, 2.05) is 12.1 Å². The Bertz CT molecular complexity index is 862. The molecule has 32 heavy (non-hydrogen) atoms. The number of hydrogen-bond acceptors (Lipinski definition) is 6. The molecule has 2 aromatic rings. The molecule has 9 nitrogen and oxygen atoms in total. The average molecular weight is 443 g/mol. The van der Waals surface area contributed by atoms with Gasteiger partial charge in [-0.3, -0.25) is 9.78 Å². The molecule has 3 atom stereocenters. The van der Waals surface area contributed by atoms with Crippen molar-refractivity contribution in [1.82, 2.24) is 15.6 Å². The van der Waals surface area contributed by atoms with Crippen molar-refractivity contribution in [3.63, 3.8) is 0 Å². The zero-order valence-corrected chi connectivity index (χ0v) is 18.1. The highest BCUT2D eigenvalue weighted by atomic mass is 16.5. The summed E-state index contributed by atoms with van der Waals surface area (Å²) in [4.78, 5) is 28.3. The quantitative estimate of drug-likeness (QED) is 0.470. The number of benzene rings is 1. The lowest BCUT2D eigenvalue weighted by Crippen LogP contribution is -2.52. The fourth-order valence-electron chi connectivity index (χ4n) is 3.64. The van der Waals surface area contributed by atoms with Crippen molar-refractivity contribution in [2.45, 2.75) is 43.9 Å². The van der Waals surface area contributed by atoms with Crippen LogP contribution in [0.1, 0.15) is 24.8 Å². The normalized spacial score (nSPS) is 20.2. The van der Waals surface area contributed by atoms with Crippen LogP contribution in [0.3, 0.4) is 0 Å². The maximum absolute atomic E-state index is 12.3. The van der Waals surface area contributed by atoms with Crippen LogP contribution in [-0.2, 0) is 16.0 Å². The summed E-state index contributed by atoms with van der Waals surface area (Å²) >= 11 is 0. The second-order valence-electron chi connectivity index (χ2n) is 7.66. The van der Waals surface area contributed by atoms with E-state index in [-0.39, 0.29) is 30.7 Å². The molecule has 0 radical (unpaired) electrons. The zero-order valence-electron chi connectivity index (χ0n) is 18.1.